The molecule has 5 aromatic rings. The molecular weight excluding hydrogens is 504 g/mol. The standard InChI is InChI=1S/C30H23ClN2O3S/c31-23-15-13-22(14-16-23)29(34)33-24-10-6-9-21(17-24)18-32-30(35)28-27(25-11-4-5-12-26(25)37-28)36-19-20-7-2-1-3-8-20/h1-17H,18-19H2,(H,32,35)(H,33,34). The zero-order valence-corrected chi connectivity index (χ0v) is 21.3. The first kappa shape index (κ1) is 24.6. The number of benzene rings is 4. The van der Waals surface area contributed by atoms with Gasteiger partial charge in [0.1, 0.15) is 11.5 Å². The highest BCUT2D eigenvalue weighted by atomic mass is 35.5. The topological polar surface area (TPSA) is 67.4 Å². The van der Waals surface area contributed by atoms with E-state index in [0.29, 0.717) is 40.1 Å². The number of carbonyl (C=O) groups is 2. The van der Waals surface area contributed by atoms with Crippen molar-refractivity contribution < 1.29 is 14.3 Å². The van der Waals surface area contributed by atoms with Crippen molar-refractivity contribution >= 4 is 50.5 Å². The Bertz CT molecular complexity index is 1550. The Morgan fingerprint density at radius 1 is 0.784 bits per heavy atom. The molecule has 0 bridgehead atoms. The van der Waals surface area contributed by atoms with Gasteiger partial charge in [0, 0.05) is 32.9 Å². The number of nitrogens with one attached hydrogen (secondary N) is 2. The molecule has 0 aliphatic heterocycles. The summed E-state index contributed by atoms with van der Waals surface area (Å²) in [5, 5.41) is 7.37. The second kappa shape index (κ2) is 11.3. The molecule has 0 aliphatic carbocycles. The number of rotatable bonds is 8. The Kier molecular flexibility index (Phi) is 7.49. The van der Waals surface area contributed by atoms with Gasteiger partial charge >= 0.3 is 0 Å². The molecule has 0 atom stereocenters. The van der Waals surface area contributed by atoms with E-state index in [1.165, 1.54) is 11.3 Å². The predicted molar refractivity (Wildman–Crippen MR) is 150 cm³/mol. The fraction of sp³-hybridized carbons (Fsp3) is 0.0667. The molecule has 5 rings (SSSR count). The van der Waals surface area contributed by atoms with Gasteiger partial charge in [0.2, 0.25) is 0 Å². The van der Waals surface area contributed by atoms with Crippen molar-refractivity contribution in [3.05, 3.63) is 130 Å². The van der Waals surface area contributed by atoms with Gasteiger partial charge in [-0.15, -0.1) is 11.3 Å². The monoisotopic (exact) mass is 526 g/mol. The molecule has 5 nitrogen and oxygen atoms in total. The number of anilines is 1. The number of hydrogen-bond donors (Lipinski definition) is 2. The maximum absolute atomic E-state index is 13.2. The molecule has 2 N–H and O–H groups in total. The van der Waals surface area contributed by atoms with E-state index in [1.807, 2.05) is 72.8 Å². The number of hydrogen-bond acceptors (Lipinski definition) is 4. The van der Waals surface area contributed by atoms with Crippen molar-refractivity contribution in [3.63, 3.8) is 0 Å². The molecule has 0 saturated carbocycles. The summed E-state index contributed by atoms with van der Waals surface area (Å²) in [5.74, 6) is 0.147. The molecule has 2 amide bonds. The van der Waals surface area contributed by atoms with Crippen LogP contribution >= 0.6 is 22.9 Å². The number of amides is 2. The zero-order valence-electron chi connectivity index (χ0n) is 19.7. The molecule has 1 heterocycles. The lowest BCUT2D eigenvalue weighted by atomic mass is 10.1. The maximum atomic E-state index is 13.2. The van der Waals surface area contributed by atoms with Crippen LogP contribution < -0.4 is 15.4 Å². The predicted octanol–water partition coefficient (Wildman–Crippen LogP) is 7.32. The van der Waals surface area contributed by atoms with Gasteiger partial charge in [0.05, 0.1) is 0 Å². The number of ether oxygens (including phenoxy) is 1. The van der Waals surface area contributed by atoms with Crippen LogP contribution in [0.25, 0.3) is 10.1 Å². The molecule has 7 heteroatoms. The fourth-order valence-corrected chi connectivity index (χ4v) is 5.06. The summed E-state index contributed by atoms with van der Waals surface area (Å²) in [6.45, 7) is 0.674. The number of fused-ring (bicyclic) bond motifs is 1. The van der Waals surface area contributed by atoms with Gasteiger partial charge in [-0.2, -0.15) is 0 Å². The first-order valence-corrected chi connectivity index (χ1v) is 12.9. The molecule has 0 saturated heterocycles. The van der Waals surface area contributed by atoms with E-state index in [2.05, 4.69) is 10.6 Å². The quantitative estimate of drug-likeness (QED) is 0.222. The van der Waals surface area contributed by atoms with Gasteiger partial charge in [0.15, 0.2) is 5.75 Å². The minimum absolute atomic E-state index is 0.208. The lowest BCUT2D eigenvalue weighted by Crippen LogP contribution is -2.22. The summed E-state index contributed by atoms with van der Waals surface area (Å²) < 4.78 is 7.14. The normalized spacial score (nSPS) is 10.7. The summed E-state index contributed by atoms with van der Waals surface area (Å²) >= 11 is 7.32. The van der Waals surface area contributed by atoms with Crippen LogP contribution in [0.4, 0.5) is 5.69 Å². The number of carbonyl (C=O) groups excluding carboxylic acids is 2. The molecule has 4 aromatic carbocycles. The third-order valence-corrected chi connectivity index (χ3v) is 7.13. The number of halogens is 1. The fourth-order valence-electron chi connectivity index (χ4n) is 3.87. The van der Waals surface area contributed by atoms with Gasteiger partial charge in [0.25, 0.3) is 11.8 Å². The lowest BCUT2D eigenvalue weighted by molar-refractivity contribution is 0.0950. The van der Waals surface area contributed by atoms with Crippen molar-refractivity contribution in [3.8, 4) is 5.75 Å². The first-order valence-electron chi connectivity index (χ1n) is 11.7. The van der Waals surface area contributed by atoms with Crippen LogP contribution in [0.3, 0.4) is 0 Å². The largest absolute Gasteiger partial charge is 0.487 e. The van der Waals surface area contributed by atoms with Crippen molar-refractivity contribution in [2.45, 2.75) is 13.2 Å². The zero-order chi connectivity index (χ0) is 25.6. The third-order valence-electron chi connectivity index (χ3n) is 5.73. The minimum atomic E-state index is -0.233. The lowest BCUT2D eigenvalue weighted by Gasteiger charge is -2.10. The second-order valence-electron chi connectivity index (χ2n) is 8.37. The molecule has 0 unspecified atom stereocenters. The van der Waals surface area contributed by atoms with Gasteiger partial charge in [-0.3, -0.25) is 9.59 Å². The summed E-state index contributed by atoms with van der Waals surface area (Å²) in [5.41, 5.74) is 3.04. The molecule has 0 aliphatic rings. The highest BCUT2D eigenvalue weighted by molar-refractivity contribution is 7.21. The van der Waals surface area contributed by atoms with Gasteiger partial charge in [-0.05, 0) is 59.7 Å². The Morgan fingerprint density at radius 2 is 1.51 bits per heavy atom. The second-order valence-corrected chi connectivity index (χ2v) is 9.86. The molecule has 0 spiro atoms. The Balaban J connectivity index is 1.28. The van der Waals surface area contributed by atoms with Crippen LogP contribution in [0.1, 0.15) is 31.2 Å². The Morgan fingerprint density at radius 3 is 2.32 bits per heavy atom. The van der Waals surface area contributed by atoms with Crippen LogP contribution in [-0.4, -0.2) is 11.8 Å². The van der Waals surface area contributed by atoms with E-state index < -0.39 is 0 Å². The molecule has 0 radical (unpaired) electrons. The van der Waals surface area contributed by atoms with E-state index in [1.54, 1.807) is 30.3 Å². The average Bonchev–Trinajstić information content (AvgIpc) is 3.30. The molecule has 0 fully saturated rings. The highest BCUT2D eigenvalue weighted by Gasteiger charge is 2.20. The molecule has 1 aromatic heterocycles. The van der Waals surface area contributed by atoms with Crippen molar-refractivity contribution in [2.75, 3.05) is 5.32 Å². The molecular formula is C30H23ClN2O3S. The number of thiophene rings is 1. The smallest absolute Gasteiger partial charge is 0.265 e. The summed E-state index contributed by atoms with van der Waals surface area (Å²) in [7, 11) is 0. The van der Waals surface area contributed by atoms with Crippen molar-refractivity contribution in [2.24, 2.45) is 0 Å². The molecule has 184 valence electrons. The first-order chi connectivity index (χ1) is 18.1. The van der Waals surface area contributed by atoms with Crippen molar-refractivity contribution in [1.29, 1.82) is 0 Å². The van der Waals surface area contributed by atoms with E-state index in [4.69, 9.17) is 16.3 Å². The van der Waals surface area contributed by atoms with Crippen LogP contribution in [0.2, 0.25) is 5.02 Å². The van der Waals surface area contributed by atoms with Crippen LogP contribution in [-0.2, 0) is 13.2 Å². The third kappa shape index (κ3) is 6.00. The summed E-state index contributed by atoms with van der Waals surface area (Å²) in [6, 6.07) is 31.8. The maximum Gasteiger partial charge on any atom is 0.265 e. The highest BCUT2D eigenvalue weighted by Crippen LogP contribution is 2.38. The Hall–Kier alpha value is -4.13. The average molecular weight is 527 g/mol. The van der Waals surface area contributed by atoms with Crippen LogP contribution in [0.15, 0.2) is 103 Å². The van der Waals surface area contributed by atoms with Crippen LogP contribution in [0, 0.1) is 0 Å². The van der Waals surface area contributed by atoms with Crippen LogP contribution in [0.5, 0.6) is 5.75 Å². The minimum Gasteiger partial charge on any atom is -0.487 e. The van der Waals surface area contributed by atoms with E-state index in [0.717, 1.165) is 21.2 Å². The van der Waals surface area contributed by atoms with Gasteiger partial charge < -0.3 is 15.4 Å². The van der Waals surface area contributed by atoms with Gasteiger partial charge in [-0.1, -0.05) is 66.2 Å². The van der Waals surface area contributed by atoms with Crippen molar-refractivity contribution in [1.82, 2.24) is 5.32 Å². The van der Waals surface area contributed by atoms with E-state index in [-0.39, 0.29) is 11.8 Å². The van der Waals surface area contributed by atoms with E-state index >= 15 is 0 Å². The Labute approximate surface area is 223 Å². The SMILES string of the molecule is O=C(Nc1cccc(CNC(=O)c2sc3ccccc3c2OCc2ccccc2)c1)c1ccc(Cl)cc1. The molecule has 37 heavy (non-hydrogen) atoms. The summed E-state index contributed by atoms with van der Waals surface area (Å²) in [4.78, 5) is 26.3. The van der Waals surface area contributed by atoms with Gasteiger partial charge in [-0.25, -0.2) is 0 Å². The summed E-state index contributed by atoms with van der Waals surface area (Å²) in [6.07, 6.45) is 0. The van der Waals surface area contributed by atoms with E-state index in [9.17, 15) is 9.59 Å².